The molecule has 2 amide bonds. The number of ether oxygens (including phenoxy) is 2. The highest BCUT2D eigenvalue weighted by Gasteiger charge is 2.22. The van der Waals surface area contributed by atoms with Crippen LogP contribution in [0.2, 0.25) is 0 Å². The molecule has 1 aromatic rings. The van der Waals surface area contributed by atoms with Crippen molar-refractivity contribution in [2.75, 3.05) is 39.9 Å². The molecule has 0 saturated carbocycles. The Balaban J connectivity index is 1.80. The molecule has 0 bridgehead atoms. The molecule has 7 nitrogen and oxygen atoms in total. The molecular weight excluding hydrogens is 343 g/mol. The second kappa shape index (κ2) is 9.74. The lowest BCUT2D eigenvalue weighted by molar-refractivity contribution is -0.143. The van der Waals surface area contributed by atoms with Gasteiger partial charge in [-0.3, -0.25) is 14.4 Å². The SMILES string of the molecule is COC(=O)CCC(=O)N1CCCN(C(=O)COc2ccccc2F)CC1. The Labute approximate surface area is 151 Å². The molecule has 2 rings (SSSR count). The number of benzene rings is 1. The van der Waals surface area contributed by atoms with Gasteiger partial charge in [-0.25, -0.2) is 4.39 Å². The Morgan fingerprint density at radius 3 is 2.31 bits per heavy atom. The summed E-state index contributed by atoms with van der Waals surface area (Å²) in [7, 11) is 1.28. The van der Waals surface area contributed by atoms with Crippen LogP contribution in [0.4, 0.5) is 4.39 Å². The van der Waals surface area contributed by atoms with Crippen LogP contribution in [0.25, 0.3) is 0 Å². The van der Waals surface area contributed by atoms with Crippen LogP contribution in [-0.4, -0.2) is 67.5 Å². The second-order valence-corrected chi connectivity index (χ2v) is 5.91. The number of carbonyl (C=O) groups is 3. The van der Waals surface area contributed by atoms with E-state index in [1.807, 2.05) is 0 Å². The number of halogens is 1. The molecule has 1 aliphatic rings. The molecule has 142 valence electrons. The fourth-order valence-corrected chi connectivity index (χ4v) is 2.68. The molecule has 1 aliphatic heterocycles. The van der Waals surface area contributed by atoms with Gasteiger partial charge < -0.3 is 19.3 Å². The van der Waals surface area contributed by atoms with Gasteiger partial charge in [0.25, 0.3) is 5.91 Å². The summed E-state index contributed by atoms with van der Waals surface area (Å²) in [4.78, 5) is 38.8. The normalized spacial score (nSPS) is 14.5. The monoisotopic (exact) mass is 366 g/mol. The molecule has 0 radical (unpaired) electrons. The van der Waals surface area contributed by atoms with E-state index in [1.54, 1.807) is 21.9 Å². The Morgan fingerprint density at radius 2 is 1.65 bits per heavy atom. The lowest BCUT2D eigenvalue weighted by Crippen LogP contribution is -2.39. The zero-order chi connectivity index (χ0) is 18.9. The number of carbonyl (C=O) groups excluding carboxylic acids is 3. The molecular formula is C18H23FN2O5. The molecule has 1 fully saturated rings. The van der Waals surface area contributed by atoms with Crippen LogP contribution in [-0.2, 0) is 19.1 Å². The minimum absolute atomic E-state index is 0.0373. The Kier molecular flexibility index (Phi) is 7.37. The maximum absolute atomic E-state index is 13.5. The summed E-state index contributed by atoms with van der Waals surface area (Å²) in [6, 6.07) is 5.91. The van der Waals surface area contributed by atoms with Crippen LogP contribution in [0.15, 0.2) is 24.3 Å². The molecule has 1 aromatic carbocycles. The van der Waals surface area contributed by atoms with Crippen LogP contribution < -0.4 is 4.74 Å². The number of para-hydroxylation sites is 1. The Morgan fingerprint density at radius 1 is 1.00 bits per heavy atom. The van der Waals surface area contributed by atoms with E-state index >= 15 is 0 Å². The zero-order valence-corrected chi connectivity index (χ0v) is 14.8. The number of nitrogens with zero attached hydrogens (tertiary/aromatic N) is 2. The van der Waals surface area contributed by atoms with Crippen LogP contribution >= 0.6 is 0 Å². The summed E-state index contributed by atoms with van der Waals surface area (Å²) < 4.78 is 23.3. The summed E-state index contributed by atoms with van der Waals surface area (Å²) in [6.45, 7) is 1.55. The fourth-order valence-electron chi connectivity index (χ4n) is 2.68. The predicted octanol–water partition coefficient (Wildman–Crippen LogP) is 1.22. The molecule has 0 unspecified atom stereocenters. The molecule has 0 aromatic heterocycles. The quantitative estimate of drug-likeness (QED) is 0.708. The van der Waals surface area contributed by atoms with Gasteiger partial charge in [-0.05, 0) is 18.6 Å². The van der Waals surface area contributed by atoms with Crippen molar-refractivity contribution in [3.05, 3.63) is 30.1 Å². The van der Waals surface area contributed by atoms with Crippen molar-refractivity contribution < 1.29 is 28.2 Å². The van der Waals surface area contributed by atoms with Gasteiger partial charge >= 0.3 is 5.97 Å². The van der Waals surface area contributed by atoms with Gasteiger partial charge in [-0.15, -0.1) is 0 Å². The number of esters is 1. The molecule has 26 heavy (non-hydrogen) atoms. The number of rotatable bonds is 6. The molecule has 0 N–H and O–H groups in total. The van der Waals surface area contributed by atoms with Crippen molar-refractivity contribution in [2.45, 2.75) is 19.3 Å². The third kappa shape index (κ3) is 5.72. The first kappa shape index (κ1) is 19.7. The largest absolute Gasteiger partial charge is 0.481 e. The maximum atomic E-state index is 13.5. The highest BCUT2D eigenvalue weighted by atomic mass is 19.1. The average Bonchev–Trinajstić information content (AvgIpc) is 2.91. The first-order chi connectivity index (χ1) is 12.5. The Bertz CT molecular complexity index is 652. The van der Waals surface area contributed by atoms with Gasteiger partial charge in [-0.2, -0.15) is 0 Å². The van der Waals surface area contributed by atoms with Crippen molar-refractivity contribution in [3.63, 3.8) is 0 Å². The molecule has 0 aliphatic carbocycles. The van der Waals surface area contributed by atoms with E-state index in [9.17, 15) is 18.8 Å². The van der Waals surface area contributed by atoms with E-state index in [4.69, 9.17) is 4.74 Å². The number of methoxy groups -OCH3 is 1. The number of amides is 2. The Hall–Kier alpha value is -2.64. The van der Waals surface area contributed by atoms with Gasteiger partial charge in [0.1, 0.15) is 0 Å². The smallest absolute Gasteiger partial charge is 0.306 e. The highest BCUT2D eigenvalue weighted by molar-refractivity contribution is 5.81. The van der Waals surface area contributed by atoms with Crippen molar-refractivity contribution in [1.82, 2.24) is 9.80 Å². The van der Waals surface area contributed by atoms with Crippen molar-refractivity contribution in [3.8, 4) is 5.75 Å². The third-order valence-electron chi connectivity index (χ3n) is 4.16. The lowest BCUT2D eigenvalue weighted by Gasteiger charge is -2.22. The number of hydrogen-bond donors (Lipinski definition) is 0. The van der Waals surface area contributed by atoms with Crippen LogP contribution in [0, 0.1) is 5.82 Å². The summed E-state index contributed by atoms with van der Waals surface area (Å²) in [6.07, 6.45) is 0.775. The van der Waals surface area contributed by atoms with E-state index in [0.717, 1.165) is 0 Å². The summed E-state index contributed by atoms with van der Waals surface area (Å²) in [5.41, 5.74) is 0. The van der Waals surface area contributed by atoms with Crippen LogP contribution in [0.5, 0.6) is 5.75 Å². The highest BCUT2D eigenvalue weighted by Crippen LogP contribution is 2.15. The molecule has 0 spiro atoms. The van der Waals surface area contributed by atoms with Gasteiger partial charge in [0.2, 0.25) is 5.91 Å². The van der Waals surface area contributed by atoms with Crippen molar-refractivity contribution >= 4 is 17.8 Å². The van der Waals surface area contributed by atoms with E-state index in [-0.39, 0.29) is 37.0 Å². The minimum atomic E-state index is -0.515. The van der Waals surface area contributed by atoms with Gasteiger partial charge in [-0.1, -0.05) is 12.1 Å². The number of hydrogen-bond acceptors (Lipinski definition) is 5. The first-order valence-corrected chi connectivity index (χ1v) is 8.51. The van der Waals surface area contributed by atoms with E-state index in [1.165, 1.54) is 19.2 Å². The maximum Gasteiger partial charge on any atom is 0.306 e. The summed E-state index contributed by atoms with van der Waals surface area (Å²) in [5.74, 6) is -1.28. The van der Waals surface area contributed by atoms with E-state index in [0.29, 0.717) is 32.6 Å². The molecule has 8 heteroatoms. The summed E-state index contributed by atoms with van der Waals surface area (Å²) in [5, 5.41) is 0. The third-order valence-corrected chi connectivity index (χ3v) is 4.16. The molecule has 1 heterocycles. The van der Waals surface area contributed by atoms with Gasteiger partial charge in [0.15, 0.2) is 18.2 Å². The average molecular weight is 366 g/mol. The second-order valence-electron chi connectivity index (χ2n) is 5.91. The van der Waals surface area contributed by atoms with Gasteiger partial charge in [0, 0.05) is 32.6 Å². The molecule has 1 saturated heterocycles. The topological polar surface area (TPSA) is 76.2 Å². The van der Waals surface area contributed by atoms with Crippen LogP contribution in [0.3, 0.4) is 0 Å². The summed E-state index contributed by atoms with van der Waals surface area (Å²) >= 11 is 0. The fraction of sp³-hybridized carbons (Fsp3) is 0.500. The van der Waals surface area contributed by atoms with Crippen LogP contribution in [0.1, 0.15) is 19.3 Å². The standard InChI is InChI=1S/C18H23FN2O5/c1-25-18(24)8-7-16(22)20-9-4-10-21(12-11-20)17(23)13-26-15-6-3-2-5-14(15)19/h2-3,5-6H,4,7-13H2,1H3. The minimum Gasteiger partial charge on any atom is -0.481 e. The predicted molar refractivity (Wildman–Crippen MR) is 90.9 cm³/mol. The zero-order valence-electron chi connectivity index (χ0n) is 14.8. The van der Waals surface area contributed by atoms with Crippen molar-refractivity contribution in [1.29, 1.82) is 0 Å². The lowest BCUT2D eigenvalue weighted by atomic mass is 10.2. The van der Waals surface area contributed by atoms with E-state index < -0.39 is 11.8 Å². The van der Waals surface area contributed by atoms with E-state index in [2.05, 4.69) is 4.74 Å². The van der Waals surface area contributed by atoms with Crippen molar-refractivity contribution in [2.24, 2.45) is 0 Å². The molecule has 0 atom stereocenters. The first-order valence-electron chi connectivity index (χ1n) is 8.51. The van der Waals surface area contributed by atoms with Gasteiger partial charge in [0.05, 0.1) is 13.5 Å².